The minimum atomic E-state index is 1.11. The molecule has 0 spiro atoms. The van der Waals surface area contributed by atoms with Crippen LogP contribution in [0.1, 0.15) is 90.4 Å². The summed E-state index contributed by atoms with van der Waals surface area (Å²) >= 11 is 0. The van der Waals surface area contributed by atoms with E-state index in [0.29, 0.717) is 0 Å². The maximum atomic E-state index is 3.85. The summed E-state index contributed by atoms with van der Waals surface area (Å²) in [6.07, 6.45) is 22.1. The molecule has 0 nitrogen and oxygen atoms in total. The average Bonchev–Trinajstić information content (AvgIpc) is 3.40. The fourth-order valence-corrected chi connectivity index (χ4v) is 6.79. The van der Waals surface area contributed by atoms with Gasteiger partial charge in [-0.25, -0.2) is 0 Å². The van der Waals surface area contributed by atoms with Crippen LogP contribution in [0.25, 0.3) is 0 Å². The smallest absolute Gasteiger partial charge is 0.0353 e. The lowest BCUT2D eigenvalue weighted by Crippen LogP contribution is -1.93. The minimum absolute atomic E-state index is 1.11. The van der Waals surface area contributed by atoms with Gasteiger partial charge in [-0.15, -0.1) is 6.58 Å². The zero-order valence-corrected chi connectivity index (χ0v) is 17.3. The van der Waals surface area contributed by atoms with Gasteiger partial charge in [0.05, 0.1) is 0 Å². The number of unbranched alkanes of at least 4 members (excludes halogenated alkanes) is 1. The topological polar surface area (TPSA) is 0 Å². The zero-order valence-electron chi connectivity index (χ0n) is 17.3. The largest absolute Gasteiger partial charge is 0.103 e. The summed E-state index contributed by atoms with van der Waals surface area (Å²) in [5, 5.41) is 0. The van der Waals surface area contributed by atoms with Gasteiger partial charge < -0.3 is 0 Å². The van der Waals surface area contributed by atoms with E-state index in [4.69, 9.17) is 0 Å². The Balaban J connectivity index is 0.911. The van der Waals surface area contributed by atoms with E-state index in [2.05, 4.69) is 19.6 Å². The van der Waals surface area contributed by atoms with E-state index < -0.39 is 0 Å². The molecule has 0 aromatic carbocycles. The van der Waals surface area contributed by atoms with Crippen LogP contribution in [-0.4, -0.2) is 0 Å². The molecule has 0 bridgehead atoms. The third-order valence-corrected chi connectivity index (χ3v) is 9.27. The van der Waals surface area contributed by atoms with Gasteiger partial charge >= 0.3 is 0 Å². The van der Waals surface area contributed by atoms with E-state index in [1.807, 2.05) is 0 Å². The Morgan fingerprint density at radius 1 is 0.615 bits per heavy atom. The second-order valence-electron chi connectivity index (χ2n) is 11.3. The molecular formula is C26H42. The molecule has 0 aliphatic heterocycles. The highest BCUT2D eigenvalue weighted by Gasteiger charge is 2.51. The molecule has 0 N–H and O–H groups in total. The molecule has 5 aliphatic carbocycles. The number of hydrogen-bond donors (Lipinski definition) is 0. The maximum absolute atomic E-state index is 3.85. The van der Waals surface area contributed by atoms with Crippen LogP contribution in [0.4, 0.5) is 0 Å². The lowest BCUT2D eigenvalue weighted by Gasteiger charge is -2.02. The van der Waals surface area contributed by atoms with Crippen LogP contribution in [0, 0.1) is 59.2 Å². The first-order valence-electron chi connectivity index (χ1n) is 12.4. The minimum Gasteiger partial charge on any atom is -0.103 e. The number of allylic oxidation sites excluding steroid dienone is 1. The molecule has 0 aromatic rings. The summed E-state index contributed by atoms with van der Waals surface area (Å²) in [5.74, 6) is 11.5. The van der Waals surface area contributed by atoms with Crippen molar-refractivity contribution in [3.8, 4) is 0 Å². The molecule has 26 heavy (non-hydrogen) atoms. The van der Waals surface area contributed by atoms with E-state index in [0.717, 1.165) is 41.4 Å². The molecule has 10 unspecified atom stereocenters. The Morgan fingerprint density at radius 2 is 1.00 bits per heavy atom. The second-order valence-corrected chi connectivity index (χ2v) is 11.3. The lowest BCUT2D eigenvalue weighted by molar-refractivity contribution is 0.478. The van der Waals surface area contributed by atoms with Gasteiger partial charge in [-0.3, -0.25) is 0 Å². The van der Waals surface area contributed by atoms with Gasteiger partial charge in [0.2, 0.25) is 0 Å². The highest BCUT2D eigenvalue weighted by Crippen LogP contribution is 2.61. The van der Waals surface area contributed by atoms with E-state index >= 15 is 0 Å². The van der Waals surface area contributed by atoms with Gasteiger partial charge in [0, 0.05) is 0 Å². The van der Waals surface area contributed by atoms with Gasteiger partial charge in [-0.2, -0.15) is 0 Å². The molecular weight excluding hydrogens is 312 g/mol. The Labute approximate surface area is 162 Å². The van der Waals surface area contributed by atoms with Crippen LogP contribution in [0.5, 0.6) is 0 Å². The average molecular weight is 355 g/mol. The van der Waals surface area contributed by atoms with Crippen molar-refractivity contribution in [2.24, 2.45) is 59.2 Å². The van der Waals surface area contributed by atoms with E-state index in [1.54, 1.807) is 57.8 Å². The number of hydrogen-bond acceptors (Lipinski definition) is 0. The second kappa shape index (κ2) is 7.29. The first-order valence-corrected chi connectivity index (χ1v) is 12.4. The summed E-state index contributed by atoms with van der Waals surface area (Å²) in [4.78, 5) is 0. The van der Waals surface area contributed by atoms with E-state index in [1.165, 1.54) is 43.4 Å². The first kappa shape index (κ1) is 17.8. The van der Waals surface area contributed by atoms with Gasteiger partial charge in [0.1, 0.15) is 0 Å². The van der Waals surface area contributed by atoms with E-state index in [-0.39, 0.29) is 0 Å². The summed E-state index contributed by atoms with van der Waals surface area (Å²) in [6.45, 7) is 6.24. The van der Waals surface area contributed by atoms with Crippen molar-refractivity contribution in [2.45, 2.75) is 90.4 Å². The summed E-state index contributed by atoms with van der Waals surface area (Å²) < 4.78 is 0. The van der Waals surface area contributed by atoms with Crippen molar-refractivity contribution in [2.75, 3.05) is 0 Å². The lowest BCUT2D eigenvalue weighted by atomic mass is 10.0. The quantitative estimate of drug-likeness (QED) is 0.237. The van der Waals surface area contributed by atoms with Crippen LogP contribution in [0.2, 0.25) is 0 Å². The molecule has 0 amide bonds. The molecule has 0 saturated heterocycles. The molecule has 0 radical (unpaired) electrons. The molecule has 5 fully saturated rings. The molecule has 146 valence electrons. The highest BCUT2D eigenvalue weighted by atomic mass is 14.6. The van der Waals surface area contributed by atoms with Crippen molar-refractivity contribution >= 4 is 0 Å². The third-order valence-electron chi connectivity index (χ3n) is 9.27. The Bertz CT molecular complexity index is 506. The summed E-state index contributed by atoms with van der Waals surface area (Å²) in [5.41, 5.74) is 0. The van der Waals surface area contributed by atoms with Gasteiger partial charge in [-0.05, 0) is 136 Å². The monoisotopic (exact) mass is 354 g/mol. The van der Waals surface area contributed by atoms with Gasteiger partial charge in [-0.1, -0.05) is 19.4 Å². The van der Waals surface area contributed by atoms with Crippen molar-refractivity contribution in [3.63, 3.8) is 0 Å². The van der Waals surface area contributed by atoms with Crippen LogP contribution in [-0.2, 0) is 0 Å². The van der Waals surface area contributed by atoms with Crippen molar-refractivity contribution in [1.82, 2.24) is 0 Å². The van der Waals surface area contributed by atoms with Crippen LogP contribution < -0.4 is 0 Å². The molecule has 0 heterocycles. The predicted octanol–water partition coefficient (Wildman–Crippen LogP) is 7.49. The molecule has 0 heteroatoms. The number of rotatable bonds is 13. The Hall–Kier alpha value is -0.260. The Kier molecular flexibility index (Phi) is 4.99. The van der Waals surface area contributed by atoms with E-state index in [9.17, 15) is 0 Å². The standard InChI is InChI=1S/C26H42/c1-3-5-6-7-18-9-20(18)11-22-13-24(22)15-26-16-25(26)14-23-12-21(23)10-19-8-17(19)4-2/h3,17-26H,1,4-16H2,2H3. The molecule has 10 atom stereocenters. The fraction of sp³-hybridized carbons (Fsp3) is 0.923. The van der Waals surface area contributed by atoms with Crippen LogP contribution in [0.15, 0.2) is 12.7 Å². The van der Waals surface area contributed by atoms with Crippen LogP contribution in [0.3, 0.4) is 0 Å². The third kappa shape index (κ3) is 4.41. The zero-order chi connectivity index (χ0) is 17.7. The molecule has 5 rings (SSSR count). The Morgan fingerprint density at radius 3 is 1.42 bits per heavy atom. The summed E-state index contributed by atoms with van der Waals surface area (Å²) in [6, 6.07) is 0. The normalized spacial score (nSPS) is 50.3. The highest BCUT2D eigenvalue weighted by molar-refractivity contribution is 5.01. The van der Waals surface area contributed by atoms with Crippen molar-refractivity contribution in [1.29, 1.82) is 0 Å². The van der Waals surface area contributed by atoms with Gasteiger partial charge in [0.25, 0.3) is 0 Å². The van der Waals surface area contributed by atoms with Crippen molar-refractivity contribution in [3.05, 3.63) is 12.7 Å². The molecule has 5 saturated carbocycles. The SMILES string of the molecule is C=CCCCC1CC1CC1CC1CC1CC1CC1CC1CC1CC1CC. The summed E-state index contributed by atoms with van der Waals surface area (Å²) in [7, 11) is 0. The molecule has 0 aromatic heterocycles. The maximum Gasteiger partial charge on any atom is -0.0353 e. The van der Waals surface area contributed by atoms with Crippen molar-refractivity contribution < 1.29 is 0 Å². The first-order chi connectivity index (χ1) is 12.7. The predicted molar refractivity (Wildman–Crippen MR) is 111 cm³/mol. The molecule has 5 aliphatic rings. The van der Waals surface area contributed by atoms with Gasteiger partial charge in [0.15, 0.2) is 0 Å². The fourth-order valence-electron chi connectivity index (χ4n) is 6.79. The van der Waals surface area contributed by atoms with Crippen LogP contribution >= 0.6 is 0 Å².